The van der Waals surface area contributed by atoms with E-state index in [1.165, 1.54) is 55.7 Å². The lowest BCUT2D eigenvalue weighted by atomic mass is 10.1. The number of unbranched alkanes of at least 4 members (excludes halogenated alkanes) is 4. The third-order valence-corrected chi connectivity index (χ3v) is 7.33. The van der Waals surface area contributed by atoms with Gasteiger partial charge in [0.1, 0.15) is 18.1 Å². The van der Waals surface area contributed by atoms with E-state index >= 15 is 0 Å². The Morgan fingerprint density at radius 2 is 1.38 bits per heavy atom. The van der Waals surface area contributed by atoms with E-state index in [0.29, 0.717) is 30.2 Å². The van der Waals surface area contributed by atoms with Gasteiger partial charge in [0, 0.05) is 11.3 Å². The summed E-state index contributed by atoms with van der Waals surface area (Å²) in [5, 5.41) is 15.0. The van der Waals surface area contributed by atoms with E-state index in [1.54, 1.807) is 36.4 Å². The normalized spacial score (nSPS) is 11.3. The van der Waals surface area contributed by atoms with Gasteiger partial charge in [-0.05, 0) is 78.2 Å². The van der Waals surface area contributed by atoms with Crippen LogP contribution in [0, 0.1) is 0 Å². The van der Waals surface area contributed by atoms with Crippen molar-refractivity contribution in [1.29, 1.82) is 0 Å². The summed E-state index contributed by atoms with van der Waals surface area (Å²) in [5.74, 6) is -1.92. The van der Waals surface area contributed by atoms with Crippen LogP contribution in [-0.2, 0) is 20.9 Å². The van der Waals surface area contributed by atoms with Crippen molar-refractivity contribution in [1.82, 2.24) is 5.32 Å². The van der Waals surface area contributed by atoms with Gasteiger partial charge in [0.25, 0.3) is 5.91 Å². The SMILES string of the molecule is CCCCCCCOc1ccc(C(=O)Oc2ccc([C@H](NC(=O)c3ccc(NC(=O)COCc4ccccc4)cc3)C(=O)O)cc2)cc1. The van der Waals surface area contributed by atoms with Crippen LogP contribution in [0.25, 0.3) is 0 Å². The zero-order valence-electron chi connectivity index (χ0n) is 26.9. The average Bonchev–Trinajstić information content (AvgIpc) is 3.10. The molecule has 0 bridgehead atoms. The van der Waals surface area contributed by atoms with Gasteiger partial charge < -0.3 is 30.0 Å². The first kappa shape index (κ1) is 35.4. The number of carboxylic acids is 1. The molecule has 4 rings (SSSR count). The molecule has 1 atom stereocenters. The second-order valence-corrected chi connectivity index (χ2v) is 11.1. The number of anilines is 1. The van der Waals surface area contributed by atoms with Gasteiger partial charge in [-0.25, -0.2) is 9.59 Å². The van der Waals surface area contributed by atoms with Gasteiger partial charge in [0.2, 0.25) is 5.91 Å². The summed E-state index contributed by atoms with van der Waals surface area (Å²) in [4.78, 5) is 49.8. The van der Waals surface area contributed by atoms with Crippen LogP contribution in [0.4, 0.5) is 5.69 Å². The Morgan fingerprint density at radius 1 is 0.729 bits per heavy atom. The molecule has 0 spiro atoms. The van der Waals surface area contributed by atoms with E-state index in [0.717, 1.165) is 18.4 Å². The van der Waals surface area contributed by atoms with E-state index in [2.05, 4.69) is 17.6 Å². The number of carbonyl (C=O) groups excluding carboxylic acids is 3. The third-order valence-electron chi connectivity index (χ3n) is 7.33. The molecule has 4 aromatic rings. The van der Waals surface area contributed by atoms with E-state index in [1.807, 2.05) is 30.3 Å². The Morgan fingerprint density at radius 3 is 2.04 bits per heavy atom. The molecule has 0 aromatic heterocycles. The number of esters is 1. The molecule has 0 aliphatic rings. The predicted molar refractivity (Wildman–Crippen MR) is 181 cm³/mol. The molecule has 250 valence electrons. The molecular weight excluding hydrogens is 612 g/mol. The number of benzene rings is 4. The maximum atomic E-state index is 12.9. The van der Waals surface area contributed by atoms with Crippen LogP contribution in [0.1, 0.15) is 76.9 Å². The first-order valence-electron chi connectivity index (χ1n) is 15.9. The zero-order valence-corrected chi connectivity index (χ0v) is 26.9. The molecule has 10 nitrogen and oxygen atoms in total. The predicted octanol–water partition coefficient (Wildman–Crippen LogP) is 6.97. The second kappa shape index (κ2) is 18.6. The number of carboxylic acid groups (broad SMARTS) is 1. The summed E-state index contributed by atoms with van der Waals surface area (Å²) in [6, 6.07) is 26.7. The minimum atomic E-state index is -1.36. The maximum absolute atomic E-state index is 12.9. The summed E-state index contributed by atoms with van der Waals surface area (Å²) >= 11 is 0. The lowest BCUT2D eigenvalue weighted by Gasteiger charge is -2.16. The first-order valence-corrected chi connectivity index (χ1v) is 15.9. The number of hydrogen-bond acceptors (Lipinski definition) is 7. The highest BCUT2D eigenvalue weighted by molar-refractivity contribution is 5.98. The fraction of sp³-hybridized carbons (Fsp3) is 0.263. The monoisotopic (exact) mass is 652 g/mol. The van der Waals surface area contributed by atoms with Gasteiger partial charge in [0.05, 0.1) is 18.8 Å². The van der Waals surface area contributed by atoms with Crippen LogP contribution in [0.2, 0.25) is 0 Å². The lowest BCUT2D eigenvalue weighted by Crippen LogP contribution is -2.33. The van der Waals surface area contributed by atoms with Crippen LogP contribution in [0.3, 0.4) is 0 Å². The van der Waals surface area contributed by atoms with E-state index in [9.17, 15) is 24.3 Å². The smallest absolute Gasteiger partial charge is 0.343 e. The van der Waals surface area contributed by atoms with Crippen LogP contribution in [-0.4, -0.2) is 42.1 Å². The Balaban J connectivity index is 1.25. The molecule has 2 amide bonds. The highest BCUT2D eigenvalue weighted by Gasteiger charge is 2.23. The van der Waals surface area contributed by atoms with E-state index in [4.69, 9.17) is 14.2 Å². The van der Waals surface area contributed by atoms with Crippen molar-refractivity contribution in [3.05, 3.63) is 125 Å². The summed E-state index contributed by atoms with van der Waals surface area (Å²) in [7, 11) is 0. The molecule has 0 unspecified atom stereocenters. The highest BCUT2D eigenvalue weighted by Crippen LogP contribution is 2.21. The van der Waals surface area contributed by atoms with E-state index < -0.39 is 23.9 Å². The molecule has 0 aliphatic heterocycles. The topological polar surface area (TPSA) is 140 Å². The summed E-state index contributed by atoms with van der Waals surface area (Å²) in [6.45, 7) is 2.96. The minimum Gasteiger partial charge on any atom is -0.494 e. The van der Waals surface area contributed by atoms with E-state index in [-0.39, 0.29) is 29.4 Å². The number of aliphatic carboxylic acids is 1. The Bertz CT molecular complexity index is 1620. The molecular formula is C38H40N2O8. The third kappa shape index (κ3) is 11.4. The molecule has 4 aromatic carbocycles. The molecule has 0 radical (unpaired) electrons. The molecule has 0 saturated heterocycles. The van der Waals surface area contributed by atoms with Crippen molar-refractivity contribution in [2.75, 3.05) is 18.5 Å². The van der Waals surface area contributed by atoms with Crippen molar-refractivity contribution >= 4 is 29.4 Å². The van der Waals surface area contributed by atoms with Crippen LogP contribution < -0.4 is 20.1 Å². The van der Waals surface area contributed by atoms with Gasteiger partial charge >= 0.3 is 11.9 Å². The highest BCUT2D eigenvalue weighted by atomic mass is 16.5. The van der Waals surface area contributed by atoms with Gasteiger partial charge in [-0.15, -0.1) is 0 Å². The molecule has 0 heterocycles. The average molecular weight is 653 g/mol. The van der Waals surface area contributed by atoms with Gasteiger partial charge in [-0.3, -0.25) is 9.59 Å². The van der Waals surface area contributed by atoms with Crippen molar-refractivity contribution in [2.24, 2.45) is 0 Å². The minimum absolute atomic E-state index is 0.142. The standard InChI is InChI=1S/C38H40N2O8/c1-2-3-4-5-9-24-47-32-20-16-30(17-21-32)38(45)48-33-22-14-28(15-23-33)35(37(43)44)40-36(42)29-12-18-31(19-13-29)39-34(41)26-46-25-27-10-7-6-8-11-27/h6-8,10-23,35H,2-5,9,24-26H2,1H3,(H,39,41)(H,40,42)(H,43,44)/t35-/m0/s1. The molecule has 48 heavy (non-hydrogen) atoms. The van der Waals surface area contributed by atoms with Gasteiger partial charge in [-0.1, -0.05) is 75.1 Å². The summed E-state index contributed by atoms with van der Waals surface area (Å²) in [5.41, 5.74) is 2.23. The van der Waals surface area contributed by atoms with Gasteiger partial charge in [-0.2, -0.15) is 0 Å². The largest absolute Gasteiger partial charge is 0.494 e. The van der Waals surface area contributed by atoms with Crippen LogP contribution >= 0.6 is 0 Å². The van der Waals surface area contributed by atoms with Crippen LogP contribution in [0.15, 0.2) is 103 Å². The Kier molecular flexibility index (Phi) is 13.7. The van der Waals surface area contributed by atoms with Crippen molar-refractivity contribution in [2.45, 2.75) is 51.7 Å². The number of amides is 2. The zero-order chi connectivity index (χ0) is 34.1. The van der Waals surface area contributed by atoms with Crippen molar-refractivity contribution in [3.8, 4) is 11.5 Å². The molecule has 10 heteroatoms. The molecule has 0 aliphatic carbocycles. The number of hydrogen-bond donors (Lipinski definition) is 3. The Hall–Kier alpha value is -5.48. The number of rotatable bonds is 18. The molecule has 0 fully saturated rings. The summed E-state index contributed by atoms with van der Waals surface area (Å²) < 4.78 is 16.6. The lowest BCUT2D eigenvalue weighted by molar-refractivity contribution is -0.139. The number of carbonyl (C=O) groups is 4. The number of ether oxygens (including phenoxy) is 3. The Labute approximate surface area is 280 Å². The van der Waals surface area contributed by atoms with Crippen LogP contribution in [0.5, 0.6) is 11.5 Å². The van der Waals surface area contributed by atoms with Crippen molar-refractivity contribution in [3.63, 3.8) is 0 Å². The first-order chi connectivity index (χ1) is 23.3. The fourth-order valence-corrected chi connectivity index (χ4v) is 4.72. The molecule has 0 saturated carbocycles. The molecule has 3 N–H and O–H groups in total. The number of nitrogens with one attached hydrogen (secondary N) is 2. The maximum Gasteiger partial charge on any atom is 0.343 e. The van der Waals surface area contributed by atoms with Crippen molar-refractivity contribution < 1.29 is 38.5 Å². The fourth-order valence-electron chi connectivity index (χ4n) is 4.72. The second-order valence-electron chi connectivity index (χ2n) is 11.1. The van der Waals surface area contributed by atoms with Gasteiger partial charge in [0.15, 0.2) is 6.04 Å². The quantitative estimate of drug-likeness (QED) is 0.0595. The summed E-state index contributed by atoms with van der Waals surface area (Å²) in [6.07, 6.45) is 5.72.